The number of esters is 1. The van der Waals surface area contributed by atoms with Gasteiger partial charge < -0.3 is 19.5 Å². The zero-order chi connectivity index (χ0) is 13.8. The summed E-state index contributed by atoms with van der Waals surface area (Å²) in [5.41, 5.74) is 0.706. The van der Waals surface area contributed by atoms with Gasteiger partial charge in [-0.2, -0.15) is 0 Å². The molecule has 0 aliphatic carbocycles. The maximum Gasteiger partial charge on any atom is 0.408 e. The van der Waals surface area contributed by atoms with Gasteiger partial charge in [0.1, 0.15) is 5.75 Å². The molecule has 1 aromatic carbocycles. The second-order valence-corrected chi connectivity index (χ2v) is 3.97. The first-order valence-electron chi connectivity index (χ1n) is 5.93. The molecule has 1 N–H and O–H groups in total. The van der Waals surface area contributed by atoms with Crippen LogP contribution in [0.15, 0.2) is 24.3 Å². The number of cyclic esters (lactones) is 1. The van der Waals surface area contributed by atoms with Crippen LogP contribution >= 0.6 is 0 Å². The van der Waals surface area contributed by atoms with Gasteiger partial charge in [-0.3, -0.25) is 0 Å². The Bertz CT molecular complexity index is 470. The Hall–Kier alpha value is -2.24. The summed E-state index contributed by atoms with van der Waals surface area (Å²) in [4.78, 5) is 23.1. The standard InChI is InChI=1S/C13H15NO5/c1-3-18-12(15)10-11(19-13(16)14-10)8-4-6-9(17-2)7-5-8/h4-7,10-11H,3H2,1-2H3,(H,14,16). The summed E-state index contributed by atoms with van der Waals surface area (Å²) in [6, 6.07) is 6.15. The van der Waals surface area contributed by atoms with Gasteiger partial charge in [-0.05, 0) is 24.6 Å². The maximum absolute atomic E-state index is 11.8. The van der Waals surface area contributed by atoms with Crippen LogP contribution in [-0.2, 0) is 14.3 Å². The van der Waals surface area contributed by atoms with Crippen LogP contribution < -0.4 is 10.1 Å². The Labute approximate surface area is 110 Å². The molecule has 1 heterocycles. The number of hydrogen-bond acceptors (Lipinski definition) is 5. The van der Waals surface area contributed by atoms with Gasteiger partial charge in [-0.1, -0.05) is 12.1 Å². The monoisotopic (exact) mass is 265 g/mol. The van der Waals surface area contributed by atoms with Gasteiger partial charge in [0, 0.05) is 0 Å². The third-order valence-electron chi connectivity index (χ3n) is 2.79. The van der Waals surface area contributed by atoms with E-state index < -0.39 is 24.2 Å². The fourth-order valence-corrected chi connectivity index (χ4v) is 1.89. The van der Waals surface area contributed by atoms with Crippen LogP contribution in [0.4, 0.5) is 4.79 Å². The van der Waals surface area contributed by atoms with E-state index in [1.54, 1.807) is 38.3 Å². The molecule has 2 rings (SSSR count). The number of rotatable bonds is 4. The topological polar surface area (TPSA) is 73.9 Å². The van der Waals surface area contributed by atoms with E-state index in [-0.39, 0.29) is 6.61 Å². The highest BCUT2D eigenvalue weighted by molar-refractivity contribution is 5.85. The number of hydrogen-bond donors (Lipinski definition) is 1. The first kappa shape index (κ1) is 13.2. The minimum absolute atomic E-state index is 0.251. The fourth-order valence-electron chi connectivity index (χ4n) is 1.89. The molecule has 1 fully saturated rings. The smallest absolute Gasteiger partial charge is 0.408 e. The summed E-state index contributed by atoms with van der Waals surface area (Å²) in [5, 5.41) is 2.45. The predicted octanol–water partition coefficient (Wildman–Crippen LogP) is 1.41. The largest absolute Gasteiger partial charge is 0.497 e. The summed E-state index contributed by atoms with van der Waals surface area (Å²) in [6.07, 6.45) is -1.31. The zero-order valence-corrected chi connectivity index (χ0v) is 10.7. The van der Waals surface area contributed by atoms with Crippen molar-refractivity contribution in [2.45, 2.75) is 19.1 Å². The molecule has 6 heteroatoms. The van der Waals surface area contributed by atoms with E-state index >= 15 is 0 Å². The summed E-state index contributed by atoms with van der Waals surface area (Å²) in [7, 11) is 1.56. The van der Waals surface area contributed by atoms with Gasteiger partial charge in [0.25, 0.3) is 0 Å². The quantitative estimate of drug-likeness (QED) is 0.833. The maximum atomic E-state index is 11.8. The van der Waals surface area contributed by atoms with E-state index in [4.69, 9.17) is 14.2 Å². The number of methoxy groups -OCH3 is 1. The van der Waals surface area contributed by atoms with Crippen LogP contribution in [0.1, 0.15) is 18.6 Å². The molecular formula is C13H15NO5. The van der Waals surface area contributed by atoms with Crippen LogP contribution in [0.2, 0.25) is 0 Å². The van der Waals surface area contributed by atoms with Crippen molar-refractivity contribution in [3.8, 4) is 5.75 Å². The fraction of sp³-hybridized carbons (Fsp3) is 0.385. The highest BCUT2D eigenvalue weighted by atomic mass is 16.6. The molecule has 1 amide bonds. The van der Waals surface area contributed by atoms with Crippen molar-refractivity contribution in [3.63, 3.8) is 0 Å². The van der Waals surface area contributed by atoms with Crippen LogP contribution in [0.25, 0.3) is 0 Å². The number of carbonyl (C=O) groups is 2. The average Bonchev–Trinajstić information content (AvgIpc) is 2.81. The summed E-state index contributed by atoms with van der Waals surface area (Å²) >= 11 is 0. The van der Waals surface area contributed by atoms with E-state index in [0.29, 0.717) is 11.3 Å². The Balaban J connectivity index is 2.19. The summed E-state index contributed by atoms with van der Waals surface area (Å²) in [6.45, 7) is 1.96. The molecule has 0 aromatic heterocycles. The van der Waals surface area contributed by atoms with Crippen LogP contribution in [-0.4, -0.2) is 31.8 Å². The highest BCUT2D eigenvalue weighted by Crippen LogP contribution is 2.28. The number of alkyl carbamates (subject to hydrolysis) is 1. The lowest BCUT2D eigenvalue weighted by molar-refractivity contribution is -0.146. The van der Waals surface area contributed by atoms with E-state index in [0.717, 1.165) is 0 Å². The van der Waals surface area contributed by atoms with Crippen LogP contribution in [0.5, 0.6) is 5.75 Å². The minimum Gasteiger partial charge on any atom is -0.497 e. The van der Waals surface area contributed by atoms with Gasteiger partial charge >= 0.3 is 12.1 Å². The molecule has 2 unspecified atom stereocenters. The molecule has 1 aromatic rings. The Morgan fingerprint density at radius 1 is 1.37 bits per heavy atom. The summed E-state index contributed by atoms with van der Waals surface area (Å²) < 4.78 is 15.1. The Morgan fingerprint density at radius 2 is 2.05 bits per heavy atom. The van der Waals surface area contributed by atoms with Crippen molar-refractivity contribution in [3.05, 3.63) is 29.8 Å². The molecular weight excluding hydrogens is 250 g/mol. The molecule has 0 bridgehead atoms. The van der Waals surface area contributed by atoms with E-state index in [2.05, 4.69) is 5.32 Å². The van der Waals surface area contributed by atoms with Crippen molar-refractivity contribution in [1.82, 2.24) is 5.32 Å². The second kappa shape index (κ2) is 5.60. The SMILES string of the molecule is CCOC(=O)C1NC(=O)OC1c1ccc(OC)cc1. The van der Waals surface area contributed by atoms with Gasteiger partial charge in [0.05, 0.1) is 13.7 Å². The average molecular weight is 265 g/mol. The molecule has 1 aliphatic rings. The number of ether oxygens (including phenoxy) is 3. The lowest BCUT2D eigenvalue weighted by Crippen LogP contribution is -2.37. The molecule has 0 radical (unpaired) electrons. The Morgan fingerprint density at radius 3 is 2.63 bits per heavy atom. The number of benzene rings is 1. The van der Waals surface area contributed by atoms with Gasteiger partial charge in [0.2, 0.25) is 0 Å². The van der Waals surface area contributed by atoms with Crippen molar-refractivity contribution in [2.24, 2.45) is 0 Å². The third-order valence-corrected chi connectivity index (χ3v) is 2.79. The summed E-state index contributed by atoms with van der Waals surface area (Å²) in [5.74, 6) is 0.183. The Kier molecular flexibility index (Phi) is 3.89. The van der Waals surface area contributed by atoms with E-state index in [1.165, 1.54) is 0 Å². The van der Waals surface area contributed by atoms with Crippen LogP contribution in [0, 0.1) is 0 Å². The predicted molar refractivity (Wildman–Crippen MR) is 65.8 cm³/mol. The number of nitrogens with one attached hydrogen (secondary N) is 1. The molecule has 6 nitrogen and oxygen atoms in total. The van der Waals surface area contributed by atoms with Crippen molar-refractivity contribution in [2.75, 3.05) is 13.7 Å². The normalized spacial score (nSPS) is 21.5. The van der Waals surface area contributed by atoms with E-state index in [1.807, 2.05) is 0 Å². The molecule has 102 valence electrons. The van der Waals surface area contributed by atoms with Crippen molar-refractivity contribution >= 4 is 12.1 Å². The van der Waals surface area contributed by atoms with Gasteiger partial charge in [-0.15, -0.1) is 0 Å². The molecule has 2 atom stereocenters. The van der Waals surface area contributed by atoms with Crippen molar-refractivity contribution in [1.29, 1.82) is 0 Å². The molecule has 0 saturated carbocycles. The molecule has 1 aliphatic heterocycles. The van der Waals surface area contributed by atoms with Gasteiger partial charge in [-0.25, -0.2) is 9.59 Å². The first-order valence-corrected chi connectivity index (χ1v) is 5.93. The second-order valence-electron chi connectivity index (χ2n) is 3.97. The first-order chi connectivity index (χ1) is 9.15. The van der Waals surface area contributed by atoms with E-state index in [9.17, 15) is 9.59 Å². The lowest BCUT2D eigenvalue weighted by Gasteiger charge is -2.16. The van der Waals surface area contributed by atoms with Crippen LogP contribution in [0.3, 0.4) is 0 Å². The zero-order valence-electron chi connectivity index (χ0n) is 10.7. The number of amides is 1. The lowest BCUT2D eigenvalue weighted by atomic mass is 10.0. The number of carbonyl (C=O) groups excluding carboxylic acids is 2. The molecule has 0 spiro atoms. The molecule has 1 saturated heterocycles. The highest BCUT2D eigenvalue weighted by Gasteiger charge is 2.41. The van der Waals surface area contributed by atoms with Gasteiger partial charge in [0.15, 0.2) is 12.1 Å². The minimum atomic E-state index is -0.819. The molecule has 19 heavy (non-hydrogen) atoms. The van der Waals surface area contributed by atoms with Crippen molar-refractivity contribution < 1.29 is 23.8 Å². The third kappa shape index (κ3) is 2.78.